The van der Waals surface area contributed by atoms with Crippen LogP contribution in [0.25, 0.3) is 0 Å². The topological polar surface area (TPSA) is 38.3 Å². The molecule has 3 nitrogen and oxygen atoms in total. The van der Waals surface area contributed by atoms with Crippen LogP contribution in [0.1, 0.15) is 43.1 Å². The van der Waals surface area contributed by atoms with Gasteiger partial charge in [-0.15, -0.1) is 0 Å². The molecule has 0 saturated carbocycles. The van der Waals surface area contributed by atoms with Crippen LogP contribution in [-0.2, 0) is 10.9 Å². The van der Waals surface area contributed by atoms with E-state index < -0.39 is 17.7 Å². The Kier molecular flexibility index (Phi) is 5.42. The maximum absolute atomic E-state index is 12.7. The van der Waals surface area contributed by atoms with Gasteiger partial charge in [-0.25, -0.2) is 4.79 Å². The average molecular weight is 289 g/mol. The second-order valence-electron chi connectivity index (χ2n) is 4.69. The predicted octanol–water partition coefficient (Wildman–Crippen LogP) is 4.09. The maximum atomic E-state index is 12.7. The van der Waals surface area contributed by atoms with Gasteiger partial charge in [0.2, 0.25) is 0 Å². The van der Waals surface area contributed by atoms with Crippen molar-refractivity contribution >= 4 is 11.7 Å². The van der Waals surface area contributed by atoms with E-state index in [0.717, 1.165) is 18.2 Å². The quantitative estimate of drug-likeness (QED) is 0.830. The summed E-state index contributed by atoms with van der Waals surface area (Å²) in [6, 6.07) is 2.86. The fourth-order valence-electron chi connectivity index (χ4n) is 1.60. The van der Waals surface area contributed by atoms with Crippen molar-refractivity contribution in [3.63, 3.8) is 0 Å². The molecule has 1 aromatic carbocycles. The van der Waals surface area contributed by atoms with Crippen LogP contribution >= 0.6 is 0 Å². The lowest BCUT2D eigenvalue weighted by Gasteiger charge is -2.16. The van der Waals surface area contributed by atoms with Crippen LogP contribution in [0.15, 0.2) is 18.2 Å². The van der Waals surface area contributed by atoms with E-state index in [1.165, 1.54) is 0 Å². The molecule has 0 heterocycles. The number of hydrogen-bond donors (Lipinski definition) is 1. The minimum Gasteiger partial charge on any atom is -0.462 e. The fraction of sp³-hybridized carbons (Fsp3) is 0.500. The molecule has 0 aliphatic carbocycles. The molecule has 0 saturated heterocycles. The summed E-state index contributed by atoms with van der Waals surface area (Å²) in [6.45, 7) is 5.64. The van der Waals surface area contributed by atoms with E-state index in [9.17, 15) is 18.0 Å². The van der Waals surface area contributed by atoms with Crippen molar-refractivity contribution in [1.29, 1.82) is 0 Å². The van der Waals surface area contributed by atoms with Gasteiger partial charge in [0.1, 0.15) is 0 Å². The summed E-state index contributed by atoms with van der Waals surface area (Å²) in [6.07, 6.45) is -3.79. The van der Waals surface area contributed by atoms with Gasteiger partial charge in [-0.05, 0) is 38.5 Å². The molecule has 0 radical (unpaired) electrons. The molecule has 20 heavy (non-hydrogen) atoms. The number of halogens is 3. The number of carbonyl (C=O) groups excluding carboxylic acids is 1. The van der Waals surface area contributed by atoms with Crippen LogP contribution < -0.4 is 5.32 Å². The Morgan fingerprint density at radius 1 is 1.35 bits per heavy atom. The number of alkyl halides is 3. The first-order valence-corrected chi connectivity index (χ1v) is 6.40. The first-order valence-electron chi connectivity index (χ1n) is 6.40. The lowest BCUT2D eigenvalue weighted by molar-refractivity contribution is -0.137. The summed E-state index contributed by atoms with van der Waals surface area (Å²) in [7, 11) is 0. The summed E-state index contributed by atoms with van der Waals surface area (Å²) in [5.74, 6) is -0.622. The molecule has 0 unspecified atom stereocenters. The summed E-state index contributed by atoms with van der Waals surface area (Å²) < 4.78 is 43.1. The van der Waals surface area contributed by atoms with E-state index in [1.807, 2.05) is 6.92 Å². The average Bonchev–Trinajstić information content (AvgIpc) is 2.34. The SMILES string of the molecule is CCCOC(=O)c1ccc(C(F)(F)F)cc1NC(C)C. The fourth-order valence-corrected chi connectivity index (χ4v) is 1.60. The molecular weight excluding hydrogens is 271 g/mol. The lowest BCUT2D eigenvalue weighted by atomic mass is 10.1. The Bertz CT molecular complexity index is 470. The molecule has 0 aromatic heterocycles. The normalized spacial score (nSPS) is 11.6. The van der Waals surface area contributed by atoms with Crippen LogP contribution in [0.5, 0.6) is 0 Å². The van der Waals surface area contributed by atoms with Crippen molar-refractivity contribution in [3.8, 4) is 0 Å². The Morgan fingerprint density at radius 2 is 2.00 bits per heavy atom. The van der Waals surface area contributed by atoms with E-state index in [4.69, 9.17) is 4.74 Å². The van der Waals surface area contributed by atoms with Gasteiger partial charge in [0.15, 0.2) is 0 Å². The number of carbonyl (C=O) groups is 1. The minimum atomic E-state index is -4.45. The molecule has 0 fully saturated rings. The summed E-state index contributed by atoms with van der Waals surface area (Å²) in [5.41, 5.74) is -0.552. The van der Waals surface area contributed by atoms with E-state index in [1.54, 1.807) is 13.8 Å². The molecule has 0 aliphatic rings. The highest BCUT2D eigenvalue weighted by molar-refractivity contribution is 5.95. The largest absolute Gasteiger partial charge is 0.462 e. The minimum absolute atomic E-state index is 0.101. The van der Waals surface area contributed by atoms with E-state index in [2.05, 4.69) is 5.32 Å². The molecule has 0 spiro atoms. The highest BCUT2D eigenvalue weighted by Crippen LogP contribution is 2.32. The number of rotatable bonds is 5. The molecule has 0 aliphatic heterocycles. The van der Waals surface area contributed by atoms with Gasteiger partial charge in [0, 0.05) is 11.7 Å². The van der Waals surface area contributed by atoms with Gasteiger partial charge < -0.3 is 10.1 Å². The maximum Gasteiger partial charge on any atom is 0.416 e. The van der Waals surface area contributed by atoms with Crippen molar-refractivity contribution in [1.82, 2.24) is 0 Å². The molecule has 0 amide bonds. The monoisotopic (exact) mass is 289 g/mol. The number of ether oxygens (including phenoxy) is 1. The second kappa shape index (κ2) is 6.63. The molecule has 112 valence electrons. The number of benzene rings is 1. The number of esters is 1. The third-order valence-electron chi connectivity index (χ3n) is 2.45. The van der Waals surface area contributed by atoms with Crippen LogP contribution in [0.3, 0.4) is 0 Å². The van der Waals surface area contributed by atoms with Crippen molar-refractivity contribution in [2.75, 3.05) is 11.9 Å². The first-order chi connectivity index (χ1) is 9.25. The Morgan fingerprint density at radius 3 is 2.50 bits per heavy atom. The van der Waals surface area contributed by atoms with Crippen molar-refractivity contribution in [3.05, 3.63) is 29.3 Å². The molecule has 6 heteroatoms. The van der Waals surface area contributed by atoms with Gasteiger partial charge >= 0.3 is 12.1 Å². The van der Waals surface area contributed by atoms with Gasteiger partial charge in [-0.2, -0.15) is 13.2 Å². The number of anilines is 1. The number of nitrogens with one attached hydrogen (secondary N) is 1. The standard InChI is InChI=1S/C14H18F3NO2/c1-4-7-20-13(19)11-6-5-10(14(15,16)17)8-12(11)18-9(2)3/h5-6,8-9,18H,4,7H2,1-3H3. The van der Waals surface area contributed by atoms with Crippen molar-refractivity contribution < 1.29 is 22.7 Å². The first kappa shape index (κ1) is 16.3. The summed E-state index contributed by atoms with van der Waals surface area (Å²) in [4.78, 5) is 11.8. The third-order valence-corrected chi connectivity index (χ3v) is 2.45. The Hall–Kier alpha value is -1.72. The van der Waals surface area contributed by atoms with Crippen LogP contribution in [-0.4, -0.2) is 18.6 Å². The van der Waals surface area contributed by atoms with Gasteiger partial charge in [-0.1, -0.05) is 6.92 Å². The zero-order chi connectivity index (χ0) is 15.3. The zero-order valence-electron chi connectivity index (χ0n) is 11.7. The highest BCUT2D eigenvalue weighted by atomic mass is 19.4. The molecule has 1 aromatic rings. The molecule has 0 atom stereocenters. The Labute approximate surface area is 116 Å². The van der Waals surface area contributed by atoms with E-state index in [-0.39, 0.29) is 23.9 Å². The second-order valence-corrected chi connectivity index (χ2v) is 4.69. The van der Waals surface area contributed by atoms with E-state index >= 15 is 0 Å². The summed E-state index contributed by atoms with van der Waals surface area (Å²) >= 11 is 0. The smallest absolute Gasteiger partial charge is 0.416 e. The van der Waals surface area contributed by atoms with Crippen LogP contribution in [0.2, 0.25) is 0 Å². The van der Waals surface area contributed by atoms with Crippen molar-refractivity contribution in [2.24, 2.45) is 0 Å². The van der Waals surface area contributed by atoms with Crippen molar-refractivity contribution in [2.45, 2.75) is 39.4 Å². The van der Waals surface area contributed by atoms with E-state index in [0.29, 0.717) is 6.42 Å². The van der Waals surface area contributed by atoms with Gasteiger partial charge in [-0.3, -0.25) is 0 Å². The molecule has 1 rings (SSSR count). The predicted molar refractivity (Wildman–Crippen MR) is 70.8 cm³/mol. The zero-order valence-corrected chi connectivity index (χ0v) is 11.7. The number of hydrogen-bond acceptors (Lipinski definition) is 3. The molecule has 0 bridgehead atoms. The molecule has 1 N–H and O–H groups in total. The summed E-state index contributed by atoms with van der Waals surface area (Å²) in [5, 5.41) is 2.84. The molecular formula is C14H18F3NO2. The van der Waals surface area contributed by atoms with Crippen LogP contribution in [0.4, 0.5) is 18.9 Å². The van der Waals surface area contributed by atoms with Gasteiger partial charge in [0.05, 0.1) is 17.7 Å². The lowest BCUT2D eigenvalue weighted by Crippen LogP contribution is -2.17. The Balaban J connectivity index is 3.13. The van der Waals surface area contributed by atoms with Crippen LogP contribution in [0, 0.1) is 0 Å². The third kappa shape index (κ3) is 4.43. The highest BCUT2D eigenvalue weighted by Gasteiger charge is 2.31. The van der Waals surface area contributed by atoms with Gasteiger partial charge in [0.25, 0.3) is 0 Å².